The summed E-state index contributed by atoms with van der Waals surface area (Å²) in [6, 6.07) is 1.85. The molecule has 2 bridgehead atoms. The first-order chi connectivity index (χ1) is 7.33. The highest BCUT2D eigenvalue weighted by Crippen LogP contribution is 2.65. The summed E-state index contributed by atoms with van der Waals surface area (Å²) >= 11 is 0. The summed E-state index contributed by atoms with van der Waals surface area (Å²) in [4.78, 5) is 0. The molecule has 6 atom stereocenters. The van der Waals surface area contributed by atoms with E-state index in [9.17, 15) is 0 Å². The molecule has 0 radical (unpaired) electrons. The molecule has 0 spiro atoms. The van der Waals surface area contributed by atoms with Gasteiger partial charge in [0.15, 0.2) is 0 Å². The molecule has 4 aliphatic rings. The van der Waals surface area contributed by atoms with Crippen LogP contribution in [0.1, 0.15) is 45.4 Å². The number of hydrogen-bond donors (Lipinski definition) is 1. The standard InChI is InChI=1S/C14H23N/c1-8-2-5-11(6-8)15-14-12-9-3-4-10(7-9)13(12)14/h8-15H,2-7H2,1H3. The smallest absolute Gasteiger partial charge is 0.0138 e. The summed E-state index contributed by atoms with van der Waals surface area (Å²) in [7, 11) is 0. The van der Waals surface area contributed by atoms with Gasteiger partial charge in [0.2, 0.25) is 0 Å². The molecule has 0 saturated heterocycles. The second-order valence-corrected chi connectivity index (χ2v) is 6.80. The van der Waals surface area contributed by atoms with Crippen LogP contribution in [0.15, 0.2) is 0 Å². The molecule has 0 aromatic carbocycles. The van der Waals surface area contributed by atoms with Crippen molar-refractivity contribution in [3.63, 3.8) is 0 Å². The zero-order valence-corrected chi connectivity index (χ0v) is 9.78. The molecule has 84 valence electrons. The number of hydrogen-bond acceptors (Lipinski definition) is 1. The summed E-state index contributed by atoms with van der Waals surface area (Å²) in [6.07, 6.45) is 9.08. The highest BCUT2D eigenvalue weighted by molar-refractivity contribution is 5.17. The minimum Gasteiger partial charge on any atom is -0.311 e. The van der Waals surface area contributed by atoms with Crippen molar-refractivity contribution >= 4 is 0 Å². The Morgan fingerprint density at radius 3 is 2.20 bits per heavy atom. The van der Waals surface area contributed by atoms with Gasteiger partial charge in [0.25, 0.3) is 0 Å². The largest absolute Gasteiger partial charge is 0.311 e. The van der Waals surface area contributed by atoms with Crippen LogP contribution < -0.4 is 5.32 Å². The van der Waals surface area contributed by atoms with Gasteiger partial charge in [-0.3, -0.25) is 0 Å². The molecule has 4 saturated carbocycles. The van der Waals surface area contributed by atoms with Gasteiger partial charge in [-0.15, -0.1) is 0 Å². The second-order valence-electron chi connectivity index (χ2n) is 6.80. The number of nitrogens with one attached hydrogen (secondary N) is 1. The van der Waals surface area contributed by atoms with Gasteiger partial charge in [-0.05, 0) is 68.1 Å². The van der Waals surface area contributed by atoms with Crippen LogP contribution in [0.25, 0.3) is 0 Å². The molecule has 0 heterocycles. The first-order valence-corrected chi connectivity index (χ1v) is 7.09. The third-order valence-corrected chi connectivity index (χ3v) is 5.86. The lowest BCUT2D eigenvalue weighted by molar-refractivity contribution is 0.413. The van der Waals surface area contributed by atoms with Gasteiger partial charge in [-0.25, -0.2) is 0 Å². The normalized spacial score (nSPS) is 61.0. The zero-order chi connectivity index (χ0) is 9.99. The number of fused-ring (bicyclic) bond motifs is 5. The molecule has 15 heavy (non-hydrogen) atoms. The lowest BCUT2D eigenvalue weighted by Crippen LogP contribution is -2.32. The summed E-state index contributed by atoms with van der Waals surface area (Å²) in [6.45, 7) is 2.42. The van der Waals surface area contributed by atoms with E-state index in [0.717, 1.165) is 41.7 Å². The summed E-state index contributed by atoms with van der Waals surface area (Å²) < 4.78 is 0. The van der Waals surface area contributed by atoms with Crippen LogP contribution in [0.5, 0.6) is 0 Å². The predicted octanol–water partition coefficient (Wildman–Crippen LogP) is 2.81. The van der Waals surface area contributed by atoms with Crippen molar-refractivity contribution in [1.29, 1.82) is 0 Å². The highest BCUT2D eigenvalue weighted by atomic mass is 15.0. The molecule has 1 N–H and O–H groups in total. The maximum Gasteiger partial charge on any atom is 0.0138 e. The Kier molecular flexibility index (Phi) is 1.81. The molecule has 4 aliphatic carbocycles. The van der Waals surface area contributed by atoms with E-state index in [1.807, 2.05) is 0 Å². The van der Waals surface area contributed by atoms with Gasteiger partial charge in [0.05, 0.1) is 0 Å². The fourth-order valence-electron chi connectivity index (χ4n) is 5.18. The zero-order valence-electron chi connectivity index (χ0n) is 9.78. The predicted molar refractivity (Wildman–Crippen MR) is 61.5 cm³/mol. The molecule has 4 rings (SSSR count). The summed E-state index contributed by atoms with van der Waals surface area (Å²) in [5, 5.41) is 3.99. The average molecular weight is 205 g/mol. The van der Waals surface area contributed by atoms with Crippen molar-refractivity contribution in [2.24, 2.45) is 29.6 Å². The van der Waals surface area contributed by atoms with Crippen molar-refractivity contribution in [3.05, 3.63) is 0 Å². The third kappa shape index (κ3) is 1.25. The van der Waals surface area contributed by atoms with E-state index in [1.54, 1.807) is 19.3 Å². The lowest BCUT2D eigenvalue weighted by Gasteiger charge is -2.16. The first-order valence-electron chi connectivity index (χ1n) is 7.09. The Morgan fingerprint density at radius 2 is 1.60 bits per heavy atom. The van der Waals surface area contributed by atoms with Crippen molar-refractivity contribution in [2.45, 2.75) is 57.5 Å². The highest BCUT2D eigenvalue weighted by Gasteiger charge is 2.65. The first kappa shape index (κ1) is 9.04. The van der Waals surface area contributed by atoms with Crippen LogP contribution in [0, 0.1) is 29.6 Å². The number of rotatable bonds is 2. The molecule has 0 aromatic rings. The monoisotopic (exact) mass is 205 g/mol. The van der Waals surface area contributed by atoms with Crippen LogP contribution in [0.3, 0.4) is 0 Å². The summed E-state index contributed by atoms with van der Waals surface area (Å²) in [5.74, 6) is 5.50. The molecule has 4 fully saturated rings. The Bertz CT molecular complexity index is 259. The van der Waals surface area contributed by atoms with E-state index in [1.165, 1.54) is 19.3 Å². The minimum atomic E-state index is 0.884. The van der Waals surface area contributed by atoms with E-state index in [-0.39, 0.29) is 0 Å². The summed E-state index contributed by atoms with van der Waals surface area (Å²) in [5.41, 5.74) is 0. The van der Waals surface area contributed by atoms with Crippen LogP contribution in [-0.2, 0) is 0 Å². The second kappa shape index (κ2) is 3.00. The van der Waals surface area contributed by atoms with Crippen LogP contribution in [-0.4, -0.2) is 12.1 Å². The molecule has 0 aromatic heterocycles. The molecule has 1 heteroatoms. The van der Waals surface area contributed by atoms with Crippen molar-refractivity contribution in [3.8, 4) is 0 Å². The minimum absolute atomic E-state index is 0.884. The van der Waals surface area contributed by atoms with Gasteiger partial charge < -0.3 is 5.32 Å². The van der Waals surface area contributed by atoms with Gasteiger partial charge >= 0.3 is 0 Å². The van der Waals surface area contributed by atoms with Gasteiger partial charge in [-0.2, -0.15) is 0 Å². The van der Waals surface area contributed by atoms with Gasteiger partial charge in [0.1, 0.15) is 0 Å². The van der Waals surface area contributed by atoms with E-state index in [4.69, 9.17) is 0 Å². The third-order valence-electron chi connectivity index (χ3n) is 5.86. The fourth-order valence-corrected chi connectivity index (χ4v) is 5.18. The molecule has 1 nitrogen and oxygen atoms in total. The SMILES string of the molecule is CC1CCC(NC2C3C4CCC(C4)C23)C1. The van der Waals surface area contributed by atoms with E-state index in [0.29, 0.717) is 0 Å². The van der Waals surface area contributed by atoms with Crippen molar-refractivity contribution in [1.82, 2.24) is 5.32 Å². The lowest BCUT2D eigenvalue weighted by atomic mass is 10.0. The van der Waals surface area contributed by atoms with Crippen LogP contribution in [0.4, 0.5) is 0 Å². The Labute approximate surface area is 93.0 Å². The van der Waals surface area contributed by atoms with Crippen molar-refractivity contribution in [2.75, 3.05) is 0 Å². The Hall–Kier alpha value is -0.0400. The molecular formula is C14H23N. The van der Waals surface area contributed by atoms with E-state index >= 15 is 0 Å². The maximum atomic E-state index is 3.99. The van der Waals surface area contributed by atoms with Gasteiger partial charge in [-0.1, -0.05) is 6.92 Å². The fraction of sp³-hybridized carbons (Fsp3) is 1.00. The van der Waals surface area contributed by atoms with Gasteiger partial charge in [0, 0.05) is 12.1 Å². The van der Waals surface area contributed by atoms with Crippen LogP contribution >= 0.6 is 0 Å². The average Bonchev–Trinajstić information content (AvgIpc) is 2.62. The molecular weight excluding hydrogens is 182 g/mol. The molecule has 0 amide bonds. The van der Waals surface area contributed by atoms with Crippen molar-refractivity contribution < 1.29 is 0 Å². The maximum absolute atomic E-state index is 3.99. The van der Waals surface area contributed by atoms with E-state index < -0.39 is 0 Å². The van der Waals surface area contributed by atoms with E-state index in [2.05, 4.69) is 12.2 Å². The Balaban J connectivity index is 1.38. The molecule has 6 unspecified atom stereocenters. The topological polar surface area (TPSA) is 12.0 Å². The quantitative estimate of drug-likeness (QED) is 0.731. The van der Waals surface area contributed by atoms with Crippen LogP contribution in [0.2, 0.25) is 0 Å². The molecule has 0 aliphatic heterocycles. The Morgan fingerprint density at radius 1 is 0.867 bits per heavy atom.